The zero-order chi connectivity index (χ0) is 16.6. The van der Waals surface area contributed by atoms with Gasteiger partial charge >= 0.3 is 0 Å². The Morgan fingerprint density at radius 2 is 1.70 bits per heavy atom. The standard InChI is InChI=1S/C18H19NO4/c1-10-5-13(6-11(2)18(10)21-4)19-15-8-17-16(22-9-23-17)7-14(15)12(3)20/h5-8,19H,9H2,1-4H3. The second kappa shape index (κ2) is 5.83. The minimum absolute atomic E-state index is 0.0345. The fourth-order valence-corrected chi connectivity index (χ4v) is 2.84. The SMILES string of the molecule is COc1c(C)cc(Nc2cc3c(cc2C(C)=O)OCO3)cc1C. The third-order valence-corrected chi connectivity index (χ3v) is 3.84. The molecule has 120 valence electrons. The average Bonchev–Trinajstić information content (AvgIpc) is 2.93. The van der Waals surface area contributed by atoms with Gasteiger partial charge in [-0.1, -0.05) is 0 Å². The van der Waals surface area contributed by atoms with Gasteiger partial charge in [-0.3, -0.25) is 4.79 Å². The minimum Gasteiger partial charge on any atom is -0.496 e. The van der Waals surface area contributed by atoms with Gasteiger partial charge in [0.05, 0.1) is 12.8 Å². The van der Waals surface area contributed by atoms with Crippen molar-refractivity contribution in [2.45, 2.75) is 20.8 Å². The van der Waals surface area contributed by atoms with Crippen LogP contribution in [0.2, 0.25) is 0 Å². The van der Waals surface area contributed by atoms with Gasteiger partial charge in [0.2, 0.25) is 6.79 Å². The summed E-state index contributed by atoms with van der Waals surface area (Å²) in [5.74, 6) is 2.07. The molecule has 0 atom stereocenters. The predicted octanol–water partition coefficient (Wildman–Crippen LogP) is 3.99. The van der Waals surface area contributed by atoms with E-state index in [1.165, 1.54) is 6.92 Å². The molecule has 5 nitrogen and oxygen atoms in total. The summed E-state index contributed by atoms with van der Waals surface area (Å²) < 4.78 is 16.1. The Hall–Kier alpha value is -2.69. The molecule has 3 rings (SSSR count). The molecule has 0 unspecified atom stereocenters. The highest BCUT2D eigenvalue weighted by Gasteiger charge is 2.19. The summed E-state index contributed by atoms with van der Waals surface area (Å²) in [6.07, 6.45) is 0. The molecule has 1 N–H and O–H groups in total. The van der Waals surface area contributed by atoms with Gasteiger partial charge in [-0.15, -0.1) is 0 Å². The highest BCUT2D eigenvalue weighted by Crippen LogP contribution is 2.39. The summed E-state index contributed by atoms with van der Waals surface area (Å²) in [7, 11) is 1.66. The third kappa shape index (κ3) is 2.82. The van der Waals surface area contributed by atoms with Gasteiger partial charge in [-0.05, 0) is 50.1 Å². The minimum atomic E-state index is -0.0345. The quantitative estimate of drug-likeness (QED) is 0.865. The van der Waals surface area contributed by atoms with Crippen LogP contribution in [0.1, 0.15) is 28.4 Å². The van der Waals surface area contributed by atoms with Gasteiger partial charge < -0.3 is 19.5 Å². The number of aryl methyl sites for hydroxylation is 2. The van der Waals surface area contributed by atoms with E-state index in [0.29, 0.717) is 22.7 Å². The fourth-order valence-electron chi connectivity index (χ4n) is 2.84. The van der Waals surface area contributed by atoms with Crippen LogP contribution in [0.15, 0.2) is 24.3 Å². The fraction of sp³-hybridized carbons (Fsp3) is 0.278. The van der Waals surface area contributed by atoms with Gasteiger partial charge in [0, 0.05) is 17.3 Å². The average molecular weight is 313 g/mol. The highest BCUT2D eigenvalue weighted by atomic mass is 16.7. The highest BCUT2D eigenvalue weighted by molar-refractivity contribution is 6.01. The number of ether oxygens (including phenoxy) is 3. The normalized spacial score (nSPS) is 12.2. The van der Waals surface area contributed by atoms with Crippen molar-refractivity contribution < 1.29 is 19.0 Å². The first kappa shape index (κ1) is 15.2. The van der Waals surface area contributed by atoms with Crippen molar-refractivity contribution in [1.82, 2.24) is 0 Å². The second-order valence-electron chi connectivity index (χ2n) is 5.58. The molecule has 0 bridgehead atoms. The van der Waals surface area contributed by atoms with Crippen LogP contribution in [0.3, 0.4) is 0 Å². The number of carbonyl (C=O) groups is 1. The van der Waals surface area contributed by atoms with Crippen molar-refractivity contribution in [2.75, 3.05) is 19.2 Å². The van der Waals surface area contributed by atoms with Crippen molar-refractivity contribution in [2.24, 2.45) is 0 Å². The Balaban J connectivity index is 2.01. The number of nitrogens with one attached hydrogen (secondary N) is 1. The van der Waals surface area contributed by atoms with Gasteiger partial charge in [-0.2, -0.15) is 0 Å². The maximum Gasteiger partial charge on any atom is 0.231 e. The number of anilines is 2. The topological polar surface area (TPSA) is 56.8 Å². The molecule has 0 fully saturated rings. The number of rotatable bonds is 4. The lowest BCUT2D eigenvalue weighted by Gasteiger charge is -2.15. The van der Waals surface area contributed by atoms with Crippen LogP contribution in [-0.4, -0.2) is 19.7 Å². The van der Waals surface area contributed by atoms with Crippen molar-refractivity contribution >= 4 is 17.2 Å². The summed E-state index contributed by atoms with van der Waals surface area (Å²) in [4.78, 5) is 11.9. The number of Topliss-reactive ketones (excluding diaryl/α,β-unsaturated/α-hetero) is 1. The summed E-state index contributed by atoms with van der Waals surface area (Å²) in [5, 5.41) is 3.30. The third-order valence-electron chi connectivity index (χ3n) is 3.84. The Kier molecular flexibility index (Phi) is 3.86. The molecule has 1 aliphatic rings. The maximum atomic E-state index is 11.9. The number of methoxy groups -OCH3 is 1. The second-order valence-corrected chi connectivity index (χ2v) is 5.58. The van der Waals surface area contributed by atoms with Crippen LogP contribution in [0.5, 0.6) is 17.2 Å². The van der Waals surface area contributed by atoms with Crippen LogP contribution in [0, 0.1) is 13.8 Å². The number of hydrogen-bond acceptors (Lipinski definition) is 5. The van der Waals surface area contributed by atoms with E-state index in [9.17, 15) is 4.79 Å². The first-order valence-electron chi connectivity index (χ1n) is 7.36. The molecule has 1 aliphatic heterocycles. The van der Waals surface area contributed by atoms with Gasteiger partial charge in [0.25, 0.3) is 0 Å². The molecule has 0 spiro atoms. The van der Waals surface area contributed by atoms with Gasteiger partial charge in [0.1, 0.15) is 5.75 Å². The van der Waals surface area contributed by atoms with Crippen molar-refractivity contribution in [3.8, 4) is 17.2 Å². The van der Waals surface area contributed by atoms with E-state index >= 15 is 0 Å². The lowest BCUT2D eigenvalue weighted by Crippen LogP contribution is -2.02. The van der Waals surface area contributed by atoms with Gasteiger partial charge in [-0.25, -0.2) is 0 Å². The van der Waals surface area contributed by atoms with Crippen LogP contribution >= 0.6 is 0 Å². The first-order chi connectivity index (χ1) is 11.0. The van der Waals surface area contributed by atoms with E-state index < -0.39 is 0 Å². The molecule has 5 heteroatoms. The molecule has 0 aromatic heterocycles. The van der Waals surface area contributed by atoms with E-state index in [0.717, 1.165) is 22.6 Å². The van der Waals surface area contributed by atoms with E-state index in [1.54, 1.807) is 19.2 Å². The number of benzene rings is 2. The molecule has 0 saturated carbocycles. The zero-order valence-electron chi connectivity index (χ0n) is 13.6. The summed E-state index contributed by atoms with van der Waals surface area (Å²) in [6, 6.07) is 7.49. The molecule has 2 aromatic rings. The van der Waals surface area contributed by atoms with Crippen molar-refractivity contribution in [3.63, 3.8) is 0 Å². The first-order valence-corrected chi connectivity index (χ1v) is 7.36. The Bertz CT molecular complexity index is 760. The van der Waals surface area contributed by atoms with E-state index in [4.69, 9.17) is 14.2 Å². The van der Waals surface area contributed by atoms with E-state index in [1.807, 2.05) is 26.0 Å². The molecule has 0 aliphatic carbocycles. The van der Waals surface area contributed by atoms with Crippen molar-refractivity contribution in [3.05, 3.63) is 41.0 Å². The molecule has 23 heavy (non-hydrogen) atoms. The zero-order valence-corrected chi connectivity index (χ0v) is 13.6. The van der Waals surface area contributed by atoms with E-state index in [-0.39, 0.29) is 12.6 Å². The van der Waals surface area contributed by atoms with Crippen LogP contribution in [0.25, 0.3) is 0 Å². The molecule has 1 heterocycles. The Labute approximate surface area is 135 Å². The van der Waals surface area contributed by atoms with Crippen molar-refractivity contribution in [1.29, 1.82) is 0 Å². The molecule has 0 radical (unpaired) electrons. The monoisotopic (exact) mass is 313 g/mol. The lowest BCUT2D eigenvalue weighted by atomic mass is 10.1. The Morgan fingerprint density at radius 1 is 1.09 bits per heavy atom. The summed E-state index contributed by atoms with van der Waals surface area (Å²) in [6.45, 7) is 5.69. The van der Waals surface area contributed by atoms with Crippen LogP contribution < -0.4 is 19.5 Å². The molecule has 0 saturated heterocycles. The lowest BCUT2D eigenvalue weighted by molar-refractivity contribution is 0.101. The smallest absolute Gasteiger partial charge is 0.231 e. The van der Waals surface area contributed by atoms with Crippen LogP contribution in [-0.2, 0) is 0 Å². The number of fused-ring (bicyclic) bond motifs is 1. The number of hydrogen-bond donors (Lipinski definition) is 1. The summed E-state index contributed by atoms with van der Waals surface area (Å²) >= 11 is 0. The maximum absolute atomic E-state index is 11.9. The number of ketones is 1. The predicted molar refractivity (Wildman–Crippen MR) is 88.3 cm³/mol. The molecular formula is C18H19NO4. The largest absolute Gasteiger partial charge is 0.496 e. The molecular weight excluding hydrogens is 294 g/mol. The summed E-state index contributed by atoms with van der Waals surface area (Å²) in [5.41, 5.74) is 4.22. The Morgan fingerprint density at radius 3 is 2.26 bits per heavy atom. The van der Waals surface area contributed by atoms with Gasteiger partial charge in [0.15, 0.2) is 17.3 Å². The van der Waals surface area contributed by atoms with Crippen LogP contribution in [0.4, 0.5) is 11.4 Å². The number of carbonyl (C=O) groups excluding carboxylic acids is 1. The molecule has 0 amide bonds. The molecule has 2 aromatic carbocycles. The van der Waals surface area contributed by atoms with E-state index in [2.05, 4.69) is 5.32 Å².